The molecular formula is C10H6F3N2O. The summed E-state index contributed by atoms with van der Waals surface area (Å²) in [6.45, 7) is 0. The molecule has 0 bridgehead atoms. The summed E-state index contributed by atoms with van der Waals surface area (Å²) in [6.07, 6.45) is -3.59. The average molecular weight is 227 g/mol. The molecule has 0 spiro atoms. The van der Waals surface area contributed by atoms with Crippen LogP contribution in [0, 0.1) is 17.8 Å². The standard InChI is InChI=1S/C10H6F3N2O/c11-10(12,13)7-2-1-6(3-4-14)8(5-7)9(15)16/h1-3,5H,(H2,15,16). The third kappa shape index (κ3) is 2.51. The number of carbonyl (C=O) groups is 1. The second-order valence-electron chi connectivity index (χ2n) is 2.94. The monoisotopic (exact) mass is 227 g/mol. The number of halogens is 3. The first-order chi connectivity index (χ1) is 7.36. The molecule has 2 N–H and O–H groups in total. The normalized spacial score (nSPS) is 10.9. The van der Waals surface area contributed by atoms with E-state index in [0.717, 1.165) is 18.6 Å². The molecule has 0 saturated heterocycles. The maximum absolute atomic E-state index is 12.3. The van der Waals surface area contributed by atoms with Crippen molar-refractivity contribution in [2.45, 2.75) is 6.18 Å². The Hall–Kier alpha value is -2.03. The van der Waals surface area contributed by atoms with E-state index in [1.54, 1.807) is 6.07 Å². The van der Waals surface area contributed by atoms with Crippen LogP contribution in [0.2, 0.25) is 0 Å². The van der Waals surface area contributed by atoms with Crippen LogP contribution >= 0.6 is 0 Å². The number of nitrogens with zero attached hydrogens (tertiary/aromatic N) is 1. The van der Waals surface area contributed by atoms with Crippen LogP contribution in [0.25, 0.3) is 0 Å². The molecule has 1 rings (SSSR count). The van der Waals surface area contributed by atoms with Gasteiger partial charge in [-0.15, -0.1) is 0 Å². The lowest BCUT2D eigenvalue weighted by atomic mass is 10.0. The van der Waals surface area contributed by atoms with Gasteiger partial charge in [0.25, 0.3) is 0 Å². The largest absolute Gasteiger partial charge is 0.416 e. The van der Waals surface area contributed by atoms with E-state index >= 15 is 0 Å². The fourth-order valence-corrected chi connectivity index (χ4v) is 1.14. The molecule has 3 nitrogen and oxygen atoms in total. The minimum Gasteiger partial charge on any atom is -0.366 e. The van der Waals surface area contributed by atoms with Crippen LogP contribution in [-0.4, -0.2) is 5.91 Å². The molecule has 0 atom stereocenters. The van der Waals surface area contributed by atoms with E-state index in [0.29, 0.717) is 6.07 Å². The molecule has 16 heavy (non-hydrogen) atoms. The first-order valence-corrected chi connectivity index (χ1v) is 4.10. The Morgan fingerprint density at radius 2 is 2.06 bits per heavy atom. The van der Waals surface area contributed by atoms with Crippen LogP contribution in [0.5, 0.6) is 0 Å². The summed E-state index contributed by atoms with van der Waals surface area (Å²) in [5, 5.41) is 8.38. The zero-order valence-corrected chi connectivity index (χ0v) is 7.88. The quantitative estimate of drug-likeness (QED) is 0.838. The lowest BCUT2D eigenvalue weighted by molar-refractivity contribution is -0.137. The van der Waals surface area contributed by atoms with Gasteiger partial charge in [0.2, 0.25) is 5.91 Å². The lowest BCUT2D eigenvalue weighted by Gasteiger charge is -2.09. The van der Waals surface area contributed by atoms with Gasteiger partial charge in [-0.25, -0.2) is 0 Å². The Morgan fingerprint density at radius 3 is 2.50 bits per heavy atom. The third-order valence-corrected chi connectivity index (χ3v) is 1.87. The maximum atomic E-state index is 12.3. The molecule has 0 aliphatic rings. The number of benzene rings is 1. The van der Waals surface area contributed by atoms with Crippen LogP contribution in [0.4, 0.5) is 13.2 Å². The Bertz CT molecular complexity index is 460. The minimum absolute atomic E-state index is 0.0722. The van der Waals surface area contributed by atoms with Gasteiger partial charge in [0.05, 0.1) is 18.1 Å². The van der Waals surface area contributed by atoms with E-state index < -0.39 is 17.6 Å². The highest BCUT2D eigenvalue weighted by atomic mass is 19.4. The van der Waals surface area contributed by atoms with Gasteiger partial charge in [0.1, 0.15) is 0 Å². The van der Waals surface area contributed by atoms with Crippen molar-refractivity contribution in [2.24, 2.45) is 5.73 Å². The summed E-state index contributed by atoms with van der Waals surface area (Å²) in [6, 6.07) is 4.08. The van der Waals surface area contributed by atoms with Crippen molar-refractivity contribution in [3.8, 4) is 6.07 Å². The highest BCUT2D eigenvalue weighted by Gasteiger charge is 2.31. The molecule has 0 aliphatic heterocycles. The number of amides is 1. The molecule has 1 amide bonds. The summed E-state index contributed by atoms with van der Waals surface area (Å²) in [7, 11) is 0. The van der Waals surface area contributed by atoms with Crippen LogP contribution in [0.3, 0.4) is 0 Å². The first-order valence-electron chi connectivity index (χ1n) is 4.10. The molecule has 6 heteroatoms. The lowest BCUT2D eigenvalue weighted by Crippen LogP contribution is -2.15. The van der Waals surface area contributed by atoms with E-state index in [1.807, 2.05) is 0 Å². The predicted molar refractivity (Wildman–Crippen MR) is 49.0 cm³/mol. The van der Waals surface area contributed by atoms with Crippen LogP contribution in [0.1, 0.15) is 21.5 Å². The number of hydrogen-bond acceptors (Lipinski definition) is 2. The number of nitrogens with two attached hydrogens (primary N) is 1. The van der Waals surface area contributed by atoms with Crippen molar-refractivity contribution in [1.82, 2.24) is 0 Å². The van der Waals surface area contributed by atoms with Crippen molar-refractivity contribution in [3.63, 3.8) is 0 Å². The van der Waals surface area contributed by atoms with Gasteiger partial charge >= 0.3 is 6.18 Å². The Balaban J connectivity index is 3.29. The number of carbonyl (C=O) groups excluding carboxylic acids is 1. The zero-order valence-electron chi connectivity index (χ0n) is 7.88. The molecule has 0 unspecified atom stereocenters. The van der Waals surface area contributed by atoms with Crippen molar-refractivity contribution < 1.29 is 18.0 Å². The van der Waals surface area contributed by atoms with Crippen molar-refractivity contribution in [3.05, 3.63) is 41.3 Å². The van der Waals surface area contributed by atoms with Crippen LogP contribution in [-0.2, 0) is 6.18 Å². The second kappa shape index (κ2) is 4.23. The number of nitriles is 1. The highest BCUT2D eigenvalue weighted by molar-refractivity contribution is 5.95. The van der Waals surface area contributed by atoms with Crippen LogP contribution in [0.15, 0.2) is 18.2 Å². The number of alkyl halides is 3. The van der Waals surface area contributed by atoms with Gasteiger partial charge in [-0.3, -0.25) is 4.79 Å². The smallest absolute Gasteiger partial charge is 0.366 e. The van der Waals surface area contributed by atoms with E-state index in [4.69, 9.17) is 11.0 Å². The molecule has 0 aromatic heterocycles. The third-order valence-electron chi connectivity index (χ3n) is 1.87. The SMILES string of the molecule is N#C[CH]c1ccc(C(F)(F)F)cc1C(N)=O. The Morgan fingerprint density at radius 1 is 1.44 bits per heavy atom. The summed E-state index contributed by atoms with van der Waals surface area (Å²) >= 11 is 0. The molecule has 0 saturated carbocycles. The van der Waals surface area contributed by atoms with E-state index in [9.17, 15) is 18.0 Å². The molecule has 83 valence electrons. The van der Waals surface area contributed by atoms with Gasteiger partial charge < -0.3 is 5.73 Å². The molecule has 1 radical (unpaired) electrons. The van der Waals surface area contributed by atoms with E-state index in [1.165, 1.54) is 0 Å². The summed E-state index contributed by atoms with van der Waals surface area (Å²) < 4.78 is 37.0. The van der Waals surface area contributed by atoms with Crippen LogP contribution < -0.4 is 5.73 Å². The van der Waals surface area contributed by atoms with Gasteiger partial charge in [0, 0.05) is 5.56 Å². The zero-order chi connectivity index (χ0) is 12.3. The Kier molecular flexibility index (Phi) is 3.18. The molecule has 0 heterocycles. The molecular weight excluding hydrogens is 221 g/mol. The fraction of sp³-hybridized carbons (Fsp3) is 0.100. The second-order valence-corrected chi connectivity index (χ2v) is 2.94. The van der Waals surface area contributed by atoms with Gasteiger partial charge in [-0.2, -0.15) is 18.4 Å². The Labute approximate surface area is 89.3 Å². The minimum atomic E-state index is -4.55. The van der Waals surface area contributed by atoms with E-state index in [2.05, 4.69) is 0 Å². The topological polar surface area (TPSA) is 66.9 Å². The summed E-state index contributed by atoms with van der Waals surface area (Å²) in [5.41, 5.74) is 3.70. The van der Waals surface area contributed by atoms with E-state index in [-0.39, 0.29) is 11.1 Å². The van der Waals surface area contributed by atoms with Crippen molar-refractivity contribution >= 4 is 5.91 Å². The van der Waals surface area contributed by atoms with Crippen molar-refractivity contribution in [1.29, 1.82) is 5.26 Å². The molecule has 1 aromatic rings. The van der Waals surface area contributed by atoms with Gasteiger partial charge in [-0.1, -0.05) is 6.07 Å². The number of hydrogen-bond donors (Lipinski definition) is 1. The summed E-state index contributed by atoms with van der Waals surface area (Å²) in [4.78, 5) is 10.9. The van der Waals surface area contributed by atoms with Gasteiger partial charge in [-0.05, 0) is 17.7 Å². The number of primary amides is 1. The first kappa shape index (κ1) is 12.0. The van der Waals surface area contributed by atoms with Crippen molar-refractivity contribution in [2.75, 3.05) is 0 Å². The highest BCUT2D eigenvalue weighted by Crippen LogP contribution is 2.30. The predicted octanol–water partition coefficient (Wildman–Crippen LogP) is 1.88. The molecule has 1 aromatic carbocycles. The summed E-state index contributed by atoms with van der Waals surface area (Å²) in [5.74, 6) is -1.01. The molecule has 0 fully saturated rings. The fourth-order valence-electron chi connectivity index (χ4n) is 1.14. The number of rotatable bonds is 2. The maximum Gasteiger partial charge on any atom is 0.416 e. The molecule has 0 aliphatic carbocycles. The van der Waals surface area contributed by atoms with Gasteiger partial charge in [0.15, 0.2) is 0 Å². The average Bonchev–Trinajstić information content (AvgIpc) is 2.16.